The summed E-state index contributed by atoms with van der Waals surface area (Å²) in [5.41, 5.74) is 3.67. The van der Waals surface area contributed by atoms with Gasteiger partial charge in [0.25, 0.3) is 11.8 Å². The number of H-pyrrole nitrogens is 1. The van der Waals surface area contributed by atoms with Gasteiger partial charge in [0.15, 0.2) is 5.13 Å². The molecule has 0 bridgehead atoms. The van der Waals surface area contributed by atoms with Gasteiger partial charge in [0.1, 0.15) is 4.88 Å². The van der Waals surface area contributed by atoms with Gasteiger partial charge in [0, 0.05) is 11.4 Å². The quantitative estimate of drug-likeness (QED) is 0.612. The fourth-order valence-corrected chi connectivity index (χ4v) is 3.50. The molecule has 0 fully saturated rings. The maximum absolute atomic E-state index is 12.4. The van der Waals surface area contributed by atoms with Gasteiger partial charge in [-0.3, -0.25) is 14.9 Å². The summed E-state index contributed by atoms with van der Waals surface area (Å²) in [6, 6.07) is 7.16. The van der Waals surface area contributed by atoms with Gasteiger partial charge in [-0.2, -0.15) is 0 Å². The largest absolute Gasteiger partial charge is 0.362 e. The first-order valence-corrected chi connectivity index (χ1v) is 9.04. The van der Waals surface area contributed by atoms with Gasteiger partial charge in [0.05, 0.1) is 22.5 Å². The van der Waals surface area contributed by atoms with Gasteiger partial charge in [-0.25, -0.2) is 4.98 Å². The van der Waals surface area contributed by atoms with Crippen LogP contribution in [-0.2, 0) is 0 Å². The molecule has 0 aliphatic rings. The number of rotatable bonds is 4. The van der Waals surface area contributed by atoms with Crippen molar-refractivity contribution in [1.29, 1.82) is 0 Å². The number of hydrogen-bond donors (Lipinski definition) is 3. The van der Waals surface area contributed by atoms with Crippen LogP contribution in [0.1, 0.15) is 37.0 Å². The number of amides is 2. The van der Waals surface area contributed by atoms with Gasteiger partial charge in [-0.15, -0.1) is 0 Å². The standard InChI is InChI=1S/C18H17ClN4O2S/c1-9-5-4-6-13(19)15(9)22-17(25)14-8-20-18(26-14)23-16(24)12-7-10(2)21-11(12)3/h4-8,21H,1-3H3,(H,22,25)(H,20,23,24). The van der Waals surface area contributed by atoms with Gasteiger partial charge in [-0.1, -0.05) is 35.1 Å². The summed E-state index contributed by atoms with van der Waals surface area (Å²) in [5, 5.41) is 6.33. The number of aromatic nitrogens is 2. The molecule has 2 aromatic heterocycles. The number of thiazole rings is 1. The molecule has 0 unspecified atom stereocenters. The summed E-state index contributed by atoms with van der Waals surface area (Å²) in [7, 11) is 0. The van der Waals surface area contributed by atoms with E-state index >= 15 is 0 Å². The number of aromatic amines is 1. The Labute approximate surface area is 159 Å². The average Bonchev–Trinajstić information content (AvgIpc) is 3.17. The molecule has 26 heavy (non-hydrogen) atoms. The topological polar surface area (TPSA) is 86.9 Å². The van der Waals surface area contributed by atoms with Gasteiger partial charge >= 0.3 is 0 Å². The Morgan fingerprint density at radius 3 is 2.58 bits per heavy atom. The number of carbonyl (C=O) groups is 2. The molecule has 2 heterocycles. The van der Waals surface area contributed by atoms with Crippen LogP contribution in [0.2, 0.25) is 5.02 Å². The van der Waals surface area contributed by atoms with Gasteiger partial charge in [0.2, 0.25) is 0 Å². The summed E-state index contributed by atoms with van der Waals surface area (Å²) in [6.45, 7) is 5.57. The second kappa shape index (κ2) is 7.31. The van der Waals surface area contributed by atoms with Crippen molar-refractivity contribution in [2.75, 3.05) is 10.6 Å². The van der Waals surface area contributed by atoms with Crippen LogP contribution in [0.25, 0.3) is 0 Å². The maximum Gasteiger partial charge on any atom is 0.267 e. The first kappa shape index (κ1) is 18.2. The SMILES string of the molecule is Cc1cc(C(=O)Nc2ncc(C(=O)Nc3c(C)cccc3Cl)s2)c(C)[nH]1. The Balaban J connectivity index is 1.72. The van der Waals surface area contributed by atoms with Crippen LogP contribution in [0.3, 0.4) is 0 Å². The molecule has 0 spiro atoms. The van der Waals surface area contributed by atoms with Crippen LogP contribution >= 0.6 is 22.9 Å². The van der Waals surface area contributed by atoms with E-state index in [4.69, 9.17) is 11.6 Å². The lowest BCUT2D eigenvalue weighted by Gasteiger charge is -2.08. The third-order valence-electron chi connectivity index (χ3n) is 3.80. The molecule has 0 aliphatic heterocycles. The van der Waals surface area contributed by atoms with Crippen molar-refractivity contribution in [3.8, 4) is 0 Å². The van der Waals surface area contributed by atoms with E-state index in [1.54, 1.807) is 12.1 Å². The minimum absolute atomic E-state index is 0.268. The highest BCUT2D eigenvalue weighted by Crippen LogP contribution is 2.27. The summed E-state index contributed by atoms with van der Waals surface area (Å²) in [5.74, 6) is -0.594. The first-order valence-electron chi connectivity index (χ1n) is 7.85. The zero-order chi connectivity index (χ0) is 18.8. The van der Waals surface area contributed by atoms with Crippen molar-refractivity contribution >= 4 is 45.6 Å². The Hall–Kier alpha value is -2.64. The molecular formula is C18H17ClN4O2S. The van der Waals surface area contributed by atoms with Crippen LogP contribution < -0.4 is 10.6 Å². The number of halogens is 1. The maximum atomic E-state index is 12.4. The molecule has 0 saturated carbocycles. The fraction of sp³-hybridized carbons (Fsp3) is 0.167. The summed E-state index contributed by atoms with van der Waals surface area (Å²) in [4.78, 5) is 32.3. The molecule has 2 amide bonds. The van der Waals surface area contributed by atoms with Crippen LogP contribution in [0.5, 0.6) is 0 Å². The highest BCUT2D eigenvalue weighted by molar-refractivity contribution is 7.17. The normalized spacial score (nSPS) is 10.6. The minimum Gasteiger partial charge on any atom is -0.362 e. The molecule has 1 aromatic carbocycles. The Morgan fingerprint density at radius 1 is 1.15 bits per heavy atom. The fourth-order valence-electron chi connectivity index (χ4n) is 2.53. The lowest BCUT2D eigenvalue weighted by molar-refractivity contribution is 0.102. The average molecular weight is 389 g/mol. The number of benzene rings is 1. The number of para-hydroxylation sites is 1. The van der Waals surface area contributed by atoms with Crippen molar-refractivity contribution in [2.24, 2.45) is 0 Å². The molecule has 134 valence electrons. The van der Waals surface area contributed by atoms with E-state index in [-0.39, 0.29) is 11.8 Å². The van der Waals surface area contributed by atoms with Crippen LogP contribution in [0.4, 0.5) is 10.8 Å². The van der Waals surface area contributed by atoms with E-state index in [0.717, 1.165) is 28.3 Å². The number of aryl methyl sites for hydroxylation is 3. The van der Waals surface area contributed by atoms with Crippen molar-refractivity contribution in [2.45, 2.75) is 20.8 Å². The van der Waals surface area contributed by atoms with Crippen molar-refractivity contribution in [3.63, 3.8) is 0 Å². The Bertz CT molecular complexity index is 973. The summed E-state index contributed by atoms with van der Waals surface area (Å²) < 4.78 is 0. The molecular weight excluding hydrogens is 372 g/mol. The van der Waals surface area contributed by atoms with E-state index in [9.17, 15) is 9.59 Å². The van der Waals surface area contributed by atoms with E-state index in [1.165, 1.54) is 6.20 Å². The van der Waals surface area contributed by atoms with E-state index in [2.05, 4.69) is 20.6 Å². The van der Waals surface area contributed by atoms with Crippen LogP contribution in [0.15, 0.2) is 30.5 Å². The Kier molecular flexibility index (Phi) is 5.11. The molecule has 0 radical (unpaired) electrons. The third kappa shape index (κ3) is 3.79. The van der Waals surface area contributed by atoms with E-state index in [0.29, 0.717) is 26.3 Å². The second-order valence-corrected chi connectivity index (χ2v) is 7.30. The molecule has 0 aliphatic carbocycles. The molecule has 6 nitrogen and oxygen atoms in total. The lowest BCUT2D eigenvalue weighted by atomic mass is 10.2. The predicted octanol–water partition coefficient (Wildman–Crippen LogP) is 4.55. The van der Waals surface area contributed by atoms with Gasteiger partial charge in [-0.05, 0) is 38.5 Å². The minimum atomic E-state index is -0.326. The lowest BCUT2D eigenvalue weighted by Crippen LogP contribution is -2.12. The number of hydrogen-bond acceptors (Lipinski definition) is 4. The van der Waals surface area contributed by atoms with Crippen LogP contribution in [-0.4, -0.2) is 21.8 Å². The number of carbonyl (C=O) groups excluding carboxylic acids is 2. The van der Waals surface area contributed by atoms with E-state index in [1.807, 2.05) is 32.9 Å². The molecule has 8 heteroatoms. The highest BCUT2D eigenvalue weighted by Gasteiger charge is 2.17. The second-order valence-electron chi connectivity index (χ2n) is 5.86. The summed E-state index contributed by atoms with van der Waals surface area (Å²) in [6.07, 6.45) is 1.43. The van der Waals surface area contributed by atoms with Crippen molar-refractivity contribution in [3.05, 3.63) is 62.9 Å². The molecule has 0 atom stereocenters. The van der Waals surface area contributed by atoms with Gasteiger partial charge < -0.3 is 10.3 Å². The molecule has 3 N–H and O–H groups in total. The third-order valence-corrected chi connectivity index (χ3v) is 5.03. The van der Waals surface area contributed by atoms with E-state index < -0.39 is 0 Å². The molecule has 3 rings (SSSR count). The Morgan fingerprint density at radius 2 is 1.92 bits per heavy atom. The number of nitrogens with zero attached hydrogens (tertiary/aromatic N) is 1. The zero-order valence-corrected chi connectivity index (χ0v) is 16.0. The van der Waals surface area contributed by atoms with Crippen molar-refractivity contribution in [1.82, 2.24) is 9.97 Å². The highest BCUT2D eigenvalue weighted by atomic mass is 35.5. The zero-order valence-electron chi connectivity index (χ0n) is 14.4. The monoisotopic (exact) mass is 388 g/mol. The molecule has 0 saturated heterocycles. The first-order chi connectivity index (χ1) is 12.3. The predicted molar refractivity (Wildman–Crippen MR) is 104 cm³/mol. The summed E-state index contributed by atoms with van der Waals surface area (Å²) >= 11 is 7.23. The number of anilines is 2. The number of nitrogens with one attached hydrogen (secondary N) is 3. The van der Waals surface area contributed by atoms with Crippen LogP contribution in [0, 0.1) is 20.8 Å². The van der Waals surface area contributed by atoms with Crippen molar-refractivity contribution < 1.29 is 9.59 Å². The molecule has 3 aromatic rings. The smallest absolute Gasteiger partial charge is 0.267 e.